The zero-order valence-corrected chi connectivity index (χ0v) is 13.9. The van der Waals surface area contributed by atoms with Crippen molar-refractivity contribution in [3.05, 3.63) is 48.0 Å². The third-order valence-electron chi connectivity index (χ3n) is 4.01. The van der Waals surface area contributed by atoms with E-state index in [0.29, 0.717) is 19.0 Å². The van der Waals surface area contributed by atoms with Crippen LogP contribution in [0.3, 0.4) is 0 Å². The average Bonchev–Trinajstić information content (AvgIpc) is 3.16. The Morgan fingerprint density at radius 2 is 1.96 bits per heavy atom. The van der Waals surface area contributed by atoms with Crippen LogP contribution in [0, 0.1) is 5.82 Å². The molecule has 1 aliphatic rings. The minimum absolute atomic E-state index is 0.129. The molecule has 0 saturated carbocycles. The number of benzene rings is 1. The van der Waals surface area contributed by atoms with Gasteiger partial charge in [-0.25, -0.2) is 14.4 Å². The van der Waals surface area contributed by atoms with E-state index in [1.807, 2.05) is 6.07 Å². The van der Waals surface area contributed by atoms with Gasteiger partial charge < -0.3 is 15.0 Å². The van der Waals surface area contributed by atoms with Crippen LogP contribution >= 0.6 is 0 Å². The molecule has 1 amide bonds. The van der Waals surface area contributed by atoms with Crippen molar-refractivity contribution in [2.24, 2.45) is 0 Å². The van der Waals surface area contributed by atoms with Crippen LogP contribution in [0.2, 0.25) is 0 Å². The second-order valence-electron chi connectivity index (χ2n) is 5.91. The van der Waals surface area contributed by atoms with Crippen molar-refractivity contribution in [2.75, 3.05) is 31.1 Å². The van der Waals surface area contributed by atoms with Crippen LogP contribution in [0.5, 0.6) is 5.88 Å². The molecule has 1 fully saturated rings. The number of rotatable bonds is 7. The van der Waals surface area contributed by atoms with Crippen molar-refractivity contribution in [3.8, 4) is 5.88 Å². The molecule has 6 nitrogen and oxygen atoms in total. The molecular weight excluding hydrogens is 323 g/mol. The maximum atomic E-state index is 12.8. The van der Waals surface area contributed by atoms with Gasteiger partial charge in [0.25, 0.3) is 0 Å². The molecule has 1 aliphatic heterocycles. The molecule has 0 radical (unpaired) electrons. The van der Waals surface area contributed by atoms with Crippen LogP contribution in [0.15, 0.2) is 36.7 Å². The van der Waals surface area contributed by atoms with E-state index in [1.165, 1.54) is 31.3 Å². The summed E-state index contributed by atoms with van der Waals surface area (Å²) in [5, 5.41) is 2.77. The van der Waals surface area contributed by atoms with Crippen LogP contribution in [0.25, 0.3) is 0 Å². The fourth-order valence-electron chi connectivity index (χ4n) is 2.72. The molecule has 2 heterocycles. The Hall–Kier alpha value is -2.70. The molecule has 1 aromatic heterocycles. The number of nitrogens with one attached hydrogen (secondary N) is 1. The summed E-state index contributed by atoms with van der Waals surface area (Å²) >= 11 is 0. The van der Waals surface area contributed by atoms with Crippen LogP contribution in [0.4, 0.5) is 10.2 Å². The van der Waals surface area contributed by atoms with Crippen LogP contribution in [-0.2, 0) is 11.2 Å². The summed E-state index contributed by atoms with van der Waals surface area (Å²) in [6, 6.07) is 7.72. The number of aromatic nitrogens is 2. The molecular formula is C18H21FN4O2. The summed E-state index contributed by atoms with van der Waals surface area (Å²) < 4.78 is 18.4. The first kappa shape index (κ1) is 17.1. The number of amides is 1. The van der Waals surface area contributed by atoms with Crippen LogP contribution in [0.1, 0.15) is 18.4 Å². The van der Waals surface area contributed by atoms with Gasteiger partial charge in [-0.3, -0.25) is 4.79 Å². The van der Waals surface area contributed by atoms with Gasteiger partial charge in [0.1, 0.15) is 24.6 Å². The third-order valence-corrected chi connectivity index (χ3v) is 4.01. The fraction of sp³-hybridized carbons (Fsp3) is 0.389. The SMILES string of the molecule is O=C(Cc1ccc(F)cc1)NCCOc1cc(N2CCCC2)ncn1. The summed E-state index contributed by atoms with van der Waals surface area (Å²) in [7, 11) is 0. The van der Waals surface area contributed by atoms with Crippen molar-refractivity contribution in [1.29, 1.82) is 0 Å². The lowest BCUT2D eigenvalue weighted by atomic mass is 10.1. The lowest BCUT2D eigenvalue weighted by Gasteiger charge is -2.16. The van der Waals surface area contributed by atoms with E-state index in [2.05, 4.69) is 20.2 Å². The summed E-state index contributed by atoms with van der Waals surface area (Å²) in [6.07, 6.45) is 4.07. The van der Waals surface area contributed by atoms with Crippen molar-refractivity contribution >= 4 is 11.7 Å². The largest absolute Gasteiger partial charge is 0.476 e. The van der Waals surface area contributed by atoms with E-state index in [9.17, 15) is 9.18 Å². The molecule has 132 valence electrons. The maximum absolute atomic E-state index is 12.8. The van der Waals surface area contributed by atoms with E-state index < -0.39 is 0 Å². The zero-order chi connectivity index (χ0) is 17.5. The maximum Gasteiger partial charge on any atom is 0.224 e. The number of nitrogens with zero attached hydrogens (tertiary/aromatic N) is 3. The Balaban J connectivity index is 1.40. The first-order valence-electron chi connectivity index (χ1n) is 8.41. The Kier molecular flexibility index (Phi) is 5.77. The zero-order valence-electron chi connectivity index (χ0n) is 13.9. The molecule has 1 saturated heterocycles. The minimum Gasteiger partial charge on any atom is -0.476 e. The number of hydrogen-bond donors (Lipinski definition) is 1. The van der Waals surface area contributed by atoms with E-state index in [1.54, 1.807) is 12.1 Å². The summed E-state index contributed by atoms with van der Waals surface area (Å²) in [6.45, 7) is 2.72. The van der Waals surface area contributed by atoms with Crippen LogP contribution < -0.4 is 15.0 Å². The molecule has 0 aliphatic carbocycles. The highest BCUT2D eigenvalue weighted by molar-refractivity contribution is 5.78. The van der Waals surface area contributed by atoms with E-state index in [4.69, 9.17) is 4.74 Å². The van der Waals surface area contributed by atoms with Crippen molar-refractivity contribution < 1.29 is 13.9 Å². The van der Waals surface area contributed by atoms with Gasteiger partial charge in [0, 0.05) is 19.2 Å². The average molecular weight is 344 g/mol. The predicted molar refractivity (Wildman–Crippen MR) is 92.1 cm³/mol. The standard InChI is InChI=1S/C18H21FN4O2/c19-15-5-3-14(4-6-15)11-17(24)20-7-10-25-18-12-16(21-13-22-18)23-8-1-2-9-23/h3-6,12-13H,1-2,7-11H2,(H,20,24). The number of ether oxygens (including phenoxy) is 1. The van der Waals surface area contributed by atoms with Crippen molar-refractivity contribution in [2.45, 2.75) is 19.3 Å². The predicted octanol–water partition coefficient (Wildman–Crippen LogP) is 1.95. The number of hydrogen-bond acceptors (Lipinski definition) is 5. The Morgan fingerprint density at radius 1 is 1.20 bits per heavy atom. The first-order valence-corrected chi connectivity index (χ1v) is 8.41. The highest BCUT2D eigenvalue weighted by Gasteiger charge is 2.14. The monoisotopic (exact) mass is 344 g/mol. The second kappa shape index (κ2) is 8.41. The van der Waals surface area contributed by atoms with E-state index >= 15 is 0 Å². The van der Waals surface area contributed by atoms with Gasteiger partial charge in [-0.2, -0.15) is 0 Å². The van der Waals surface area contributed by atoms with Crippen LogP contribution in [-0.4, -0.2) is 42.1 Å². The first-order chi connectivity index (χ1) is 12.2. The second-order valence-corrected chi connectivity index (χ2v) is 5.91. The number of carbonyl (C=O) groups is 1. The molecule has 25 heavy (non-hydrogen) atoms. The van der Waals surface area contributed by atoms with Gasteiger partial charge in [0.15, 0.2) is 0 Å². The Morgan fingerprint density at radius 3 is 2.72 bits per heavy atom. The lowest BCUT2D eigenvalue weighted by molar-refractivity contribution is -0.120. The smallest absolute Gasteiger partial charge is 0.224 e. The molecule has 7 heteroatoms. The number of anilines is 1. The van der Waals surface area contributed by atoms with E-state index in [0.717, 1.165) is 24.5 Å². The Labute approximate surface area is 146 Å². The van der Waals surface area contributed by atoms with Gasteiger partial charge in [-0.05, 0) is 30.5 Å². The molecule has 1 aromatic carbocycles. The molecule has 0 spiro atoms. The van der Waals surface area contributed by atoms with Gasteiger partial charge in [-0.15, -0.1) is 0 Å². The molecule has 0 atom stereocenters. The number of carbonyl (C=O) groups excluding carboxylic acids is 1. The summed E-state index contributed by atoms with van der Waals surface area (Å²) in [5.74, 6) is 0.943. The Bertz CT molecular complexity index is 702. The highest BCUT2D eigenvalue weighted by atomic mass is 19.1. The molecule has 0 unspecified atom stereocenters. The summed E-state index contributed by atoms with van der Waals surface area (Å²) in [4.78, 5) is 22.4. The topological polar surface area (TPSA) is 67.3 Å². The molecule has 0 bridgehead atoms. The quantitative estimate of drug-likeness (QED) is 0.778. The fourth-order valence-corrected chi connectivity index (χ4v) is 2.72. The van der Waals surface area contributed by atoms with Gasteiger partial charge in [0.2, 0.25) is 11.8 Å². The van der Waals surface area contributed by atoms with E-state index in [-0.39, 0.29) is 18.1 Å². The van der Waals surface area contributed by atoms with Crippen molar-refractivity contribution in [3.63, 3.8) is 0 Å². The summed E-state index contributed by atoms with van der Waals surface area (Å²) in [5.41, 5.74) is 0.769. The molecule has 1 N–H and O–H groups in total. The third kappa shape index (κ3) is 5.14. The molecule has 2 aromatic rings. The number of halogens is 1. The van der Waals surface area contributed by atoms with Gasteiger partial charge >= 0.3 is 0 Å². The van der Waals surface area contributed by atoms with Gasteiger partial charge in [-0.1, -0.05) is 12.1 Å². The van der Waals surface area contributed by atoms with Crippen molar-refractivity contribution in [1.82, 2.24) is 15.3 Å². The minimum atomic E-state index is -0.310. The highest BCUT2D eigenvalue weighted by Crippen LogP contribution is 2.20. The molecule has 3 rings (SSSR count). The van der Waals surface area contributed by atoms with Gasteiger partial charge in [0.05, 0.1) is 13.0 Å². The lowest BCUT2D eigenvalue weighted by Crippen LogP contribution is -2.29. The normalized spacial score (nSPS) is 13.7.